The van der Waals surface area contributed by atoms with Gasteiger partial charge < -0.3 is 4.90 Å². The molecule has 2 nitrogen and oxygen atoms in total. The minimum atomic E-state index is 0.488. The van der Waals surface area contributed by atoms with Gasteiger partial charge in [-0.15, -0.1) is 0 Å². The number of hydrogen-bond acceptors (Lipinski definition) is 2. The van der Waals surface area contributed by atoms with Crippen LogP contribution in [0.4, 0.5) is 5.69 Å². The van der Waals surface area contributed by atoms with E-state index in [1.54, 1.807) is 6.07 Å². The quantitative estimate of drug-likeness (QED) is 0.669. The van der Waals surface area contributed by atoms with Gasteiger partial charge in [-0.05, 0) is 37.0 Å². The molecule has 106 valence electrons. The van der Waals surface area contributed by atoms with Crippen molar-refractivity contribution in [3.8, 4) is 0 Å². The van der Waals surface area contributed by atoms with Gasteiger partial charge in [-0.3, -0.25) is 4.79 Å². The average Bonchev–Trinajstić information content (AvgIpc) is 2.38. The lowest BCUT2D eigenvalue weighted by Crippen LogP contribution is -2.37. The van der Waals surface area contributed by atoms with Gasteiger partial charge in [0.2, 0.25) is 0 Å². The van der Waals surface area contributed by atoms with Crippen LogP contribution in [0.2, 0.25) is 5.02 Å². The molecule has 1 aromatic carbocycles. The topological polar surface area (TPSA) is 20.3 Å². The summed E-state index contributed by atoms with van der Waals surface area (Å²) < 4.78 is 0. The van der Waals surface area contributed by atoms with Crippen LogP contribution in [0.3, 0.4) is 0 Å². The second-order valence-electron chi connectivity index (χ2n) is 5.35. The summed E-state index contributed by atoms with van der Waals surface area (Å²) in [6.45, 7) is 9.81. The van der Waals surface area contributed by atoms with Gasteiger partial charge in [-0.2, -0.15) is 0 Å². The Balaban J connectivity index is 3.12. The molecule has 0 aromatic heterocycles. The number of anilines is 1. The Morgan fingerprint density at radius 2 is 1.89 bits per heavy atom. The zero-order valence-electron chi connectivity index (χ0n) is 12.3. The number of halogens is 1. The molecule has 0 amide bonds. The van der Waals surface area contributed by atoms with Crippen LogP contribution in [0, 0.1) is 5.92 Å². The van der Waals surface area contributed by atoms with Crippen molar-refractivity contribution in [1.29, 1.82) is 0 Å². The van der Waals surface area contributed by atoms with Crippen molar-refractivity contribution in [2.45, 2.75) is 46.6 Å². The SMILES string of the molecule is CCC(CC)N(CC(C)C)c1ccc(C=O)cc1Cl. The van der Waals surface area contributed by atoms with E-state index in [0.29, 0.717) is 22.5 Å². The number of carbonyl (C=O) groups excluding carboxylic acids is 1. The number of nitrogens with zero attached hydrogens (tertiary/aromatic N) is 1. The largest absolute Gasteiger partial charge is 0.367 e. The molecule has 0 heterocycles. The lowest BCUT2D eigenvalue weighted by Gasteiger charge is -2.35. The lowest BCUT2D eigenvalue weighted by molar-refractivity contribution is 0.112. The molecule has 0 radical (unpaired) electrons. The van der Waals surface area contributed by atoms with E-state index in [1.807, 2.05) is 12.1 Å². The monoisotopic (exact) mass is 281 g/mol. The number of carbonyl (C=O) groups is 1. The zero-order valence-corrected chi connectivity index (χ0v) is 13.1. The van der Waals surface area contributed by atoms with Crippen molar-refractivity contribution in [3.05, 3.63) is 28.8 Å². The van der Waals surface area contributed by atoms with Crippen LogP contribution >= 0.6 is 11.6 Å². The Morgan fingerprint density at radius 3 is 2.32 bits per heavy atom. The highest BCUT2D eigenvalue weighted by Crippen LogP contribution is 2.30. The molecule has 0 aliphatic rings. The van der Waals surface area contributed by atoms with Gasteiger partial charge in [0, 0.05) is 18.2 Å². The van der Waals surface area contributed by atoms with Gasteiger partial charge in [0.05, 0.1) is 10.7 Å². The van der Waals surface area contributed by atoms with E-state index < -0.39 is 0 Å². The molecule has 1 aromatic rings. The number of aldehydes is 1. The summed E-state index contributed by atoms with van der Waals surface area (Å²) in [5.74, 6) is 0.572. The Bertz CT molecular complexity index is 413. The third-order valence-corrected chi connectivity index (χ3v) is 3.67. The van der Waals surface area contributed by atoms with Gasteiger partial charge >= 0.3 is 0 Å². The molecule has 0 fully saturated rings. The average molecular weight is 282 g/mol. The van der Waals surface area contributed by atoms with E-state index in [2.05, 4.69) is 32.6 Å². The fourth-order valence-corrected chi connectivity index (χ4v) is 2.69. The summed E-state index contributed by atoms with van der Waals surface area (Å²) in [7, 11) is 0. The van der Waals surface area contributed by atoms with E-state index in [1.165, 1.54) is 0 Å². The van der Waals surface area contributed by atoms with Gasteiger partial charge in [-0.1, -0.05) is 39.3 Å². The highest BCUT2D eigenvalue weighted by Gasteiger charge is 2.19. The maximum Gasteiger partial charge on any atom is 0.150 e. The van der Waals surface area contributed by atoms with E-state index in [4.69, 9.17) is 11.6 Å². The van der Waals surface area contributed by atoms with E-state index in [-0.39, 0.29) is 0 Å². The summed E-state index contributed by atoms with van der Waals surface area (Å²) in [4.78, 5) is 13.2. The number of rotatable bonds is 7. The molecular weight excluding hydrogens is 258 g/mol. The Morgan fingerprint density at radius 1 is 1.26 bits per heavy atom. The normalized spacial score (nSPS) is 11.1. The van der Waals surface area contributed by atoms with Gasteiger partial charge in [0.15, 0.2) is 0 Å². The van der Waals surface area contributed by atoms with Gasteiger partial charge in [0.25, 0.3) is 0 Å². The van der Waals surface area contributed by atoms with Crippen molar-refractivity contribution in [2.75, 3.05) is 11.4 Å². The Kier molecular flexibility index (Phi) is 6.36. The molecular formula is C16H24ClNO. The van der Waals surface area contributed by atoms with Crippen LogP contribution in [-0.2, 0) is 0 Å². The maximum atomic E-state index is 10.8. The standard InChI is InChI=1S/C16H24ClNO/c1-5-14(6-2)18(10-12(3)4)16-8-7-13(11-19)9-15(16)17/h7-9,11-12,14H,5-6,10H2,1-4H3. The van der Waals surface area contributed by atoms with Gasteiger partial charge in [-0.25, -0.2) is 0 Å². The molecule has 0 aliphatic heterocycles. The molecule has 0 spiro atoms. The van der Waals surface area contributed by atoms with Crippen LogP contribution in [0.15, 0.2) is 18.2 Å². The molecule has 0 bridgehead atoms. The fourth-order valence-electron chi connectivity index (χ4n) is 2.40. The lowest BCUT2D eigenvalue weighted by atomic mass is 10.1. The molecule has 1 rings (SSSR count). The molecule has 0 aliphatic carbocycles. The molecule has 3 heteroatoms. The summed E-state index contributed by atoms with van der Waals surface area (Å²) in [5, 5.41) is 0.664. The van der Waals surface area contributed by atoms with Crippen molar-refractivity contribution in [2.24, 2.45) is 5.92 Å². The fraction of sp³-hybridized carbons (Fsp3) is 0.562. The van der Waals surface area contributed by atoms with Crippen LogP contribution < -0.4 is 4.90 Å². The summed E-state index contributed by atoms with van der Waals surface area (Å²) in [6, 6.07) is 6.04. The predicted octanol–water partition coefficient (Wildman–Crippen LogP) is 4.80. The first-order chi connectivity index (χ1) is 9.03. The summed E-state index contributed by atoms with van der Waals surface area (Å²) >= 11 is 6.34. The van der Waals surface area contributed by atoms with E-state index in [0.717, 1.165) is 31.4 Å². The first-order valence-electron chi connectivity index (χ1n) is 7.04. The Hall–Kier alpha value is -1.02. The van der Waals surface area contributed by atoms with Crippen LogP contribution in [0.25, 0.3) is 0 Å². The van der Waals surface area contributed by atoms with Crippen molar-refractivity contribution in [1.82, 2.24) is 0 Å². The second-order valence-corrected chi connectivity index (χ2v) is 5.75. The predicted molar refractivity (Wildman–Crippen MR) is 83.4 cm³/mol. The molecule has 0 saturated carbocycles. The van der Waals surface area contributed by atoms with Gasteiger partial charge in [0.1, 0.15) is 6.29 Å². The third kappa shape index (κ3) is 4.24. The highest BCUT2D eigenvalue weighted by molar-refractivity contribution is 6.33. The molecule has 0 saturated heterocycles. The molecule has 0 N–H and O–H groups in total. The minimum Gasteiger partial charge on any atom is -0.367 e. The van der Waals surface area contributed by atoms with Crippen molar-refractivity contribution < 1.29 is 4.79 Å². The second kappa shape index (κ2) is 7.54. The molecule has 0 atom stereocenters. The minimum absolute atomic E-state index is 0.488. The van der Waals surface area contributed by atoms with Crippen LogP contribution in [-0.4, -0.2) is 18.9 Å². The van der Waals surface area contributed by atoms with Crippen LogP contribution in [0.1, 0.15) is 50.9 Å². The molecule has 0 unspecified atom stereocenters. The summed E-state index contributed by atoms with van der Waals surface area (Å²) in [5.41, 5.74) is 1.66. The summed E-state index contributed by atoms with van der Waals surface area (Å²) in [6.07, 6.45) is 3.02. The highest BCUT2D eigenvalue weighted by atomic mass is 35.5. The Labute approximate surface area is 121 Å². The smallest absolute Gasteiger partial charge is 0.150 e. The van der Waals surface area contributed by atoms with Crippen molar-refractivity contribution >= 4 is 23.6 Å². The maximum absolute atomic E-state index is 10.8. The number of hydrogen-bond donors (Lipinski definition) is 0. The van der Waals surface area contributed by atoms with Crippen LogP contribution in [0.5, 0.6) is 0 Å². The zero-order chi connectivity index (χ0) is 14.4. The third-order valence-electron chi connectivity index (χ3n) is 3.36. The number of benzene rings is 1. The van der Waals surface area contributed by atoms with E-state index in [9.17, 15) is 4.79 Å². The van der Waals surface area contributed by atoms with Crippen molar-refractivity contribution in [3.63, 3.8) is 0 Å². The first kappa shape index (κ1) is 16.0. The first-order valence-corrected chi connectivity index (χ1v) is 7.42. The van der Waals surface area contributed by atoms with E-state index >= 15 is 0 Å². The molecule has 19 heavy (non-hydrogen) atoms.